The van der Waals surface area contributed by atoms with E-state index < -0.39 is 23.8 Å². The van der Waals surface area contributed by atoms with E-state index in [0.29, 0.717) is 42.3 Å². The van der Waals surface area contributed by atoms with Crippen LogP contribution in [0.3, 0.4) is 0 Å². The number of anilines is 1. The second-order valence-corrected chi connectivity index (χ2v) is 10.2. The average Bonchev–Trinajstić information content (AvgIpc) is 3.41. The highest BCUT2D eigenvalue weighted by atomic mass is 35.5. The fourth-order valence-corrected chi connectivity index (χ4v) is 5.18. The molecule has 0 radical (unpaired) electrons. The van der Waals surface area contributed by atoms with Crippen molar-refractivity contribution in [3.8, 4) is 17.0 Å². The first-order valence-corrected chi connectivity index (χ1v) is 11.8. The highest BCUT2D eigenvalue weighted by Gasteiger charge is 2.43. The number of halogens is 2. The molecular weight excluding hydrogens is 481 g/mol. The molecule has 0 saturated carbocycles. The van der Waals surface area contributed by atoms with Gasteiger partial charge < -0.3 is 34.3 Å². The fourth-order valence-electron chi connectivity index (χ4n) is 4.99. The summed E-state index contributed by atoms with van der Waals surface area (Å²) in [6, 6.07) is 0.726. The molecule has 3 aliphatic heterocycles. The van der Waals surface area contributed by atoms with Gasteiger partial charge in [0.25, 0.3) is 0 Å². The standard InChI is InChI=1S/C23H25ClFN5O5/c1-9-7-33-19-11(5-13(25)16-17(19)30(9)21(28-16)23(2,3)32)15-12(24)6-26-22(29-15)27-14-4-10-8-34-20(35-10)18(14)31/h5-6,9-10,14,18,20,31-32H,4,7-8H2,1-3H3,(H,26,27,29)/t9-,10?,14?,18?,20?/m1/s1. The van der Waals surface area contributed by atoms with Crippen LogP contribution in [0.2, 0.25) is 5.02 Å². The first-order valence-electron chi connectivity index (χ1n) is 11.5. The quantitative estimate of drug-likeness (QED) is 0.491. The normalized spacial score (nSPS) is 27.8. The molecule has 0 amide bonds. The average molecular weight is 506 g/mol. The van der Waals surface area contributed by atoms with Crippen LogP contribution in [0.15, 0.2) is 12.3 Å². The number of benzene rings is 1. The maximum Gasteiger partial charge on any atom is 0.223 e. The number of imidazole rings is 1. The monoisotopic (exact) mass is 505 g/mol. The molecular formula is C23H25ClFN5O5. The Balaban J connectivity index is 1.45. The van der Waals surface area contributed by atoms with Gasteiger partial charge in [-0.3, -0.25) is 0 Å². The second-order valence-electron chi connectivity index (χ2n) is 9.78. The van der Waals surface area contributed by atoms with Gasteiger partial charge in [0.05, 0.1) is 41.7 Å². The lowest BCUT2D eigenvalue weighted by atomic mass is 10.0. The molecule has 3 N–H and O–H groups in total. The lowest BCUT2D eigenvalue weighted by Gasteiger charge is -2.32. The summed E-state index contributed by atoms with van der Waals surface area (Å²) < 4.78 is 34.2. The van der Waals surface area contributed by atoms with Gasteiger partial charge in [0, 0.05) is 5.56 Å². The molecule has 0 aliphatic carbocycles. The third-order valence-electron chi connectivity index (χ3n) is 6.62. The van der Waals surface area contributed by atoms with Crippen molar-refractivity contribution in [3.05, 3.63) is 28.9 Å². The summed E-state index contributed by atoms with van der Waals surface area (Å²) in [7, 11) is 0. The molecule has 186 valence electrons. The Kier molecular flexibility index (Phi) is 5.21. The van der Waals surface area contributed by atoms with E-state index >= 15 is 4.39 Å². The van der Waals surface area contributed by atoms with Crippen molar-refractivity contribution in [2.75, 3.05) is 18.5 Å². The van der Waals surface area contributed by atoms with Crippen molar-refractivity contribution in [2.24, 2.45) is 0 Å². The molecule has 5 atom stereocenters. The Bertz CT molecular complexity index is 1330. The zero-order valence-electron chi connectivity index (χ0n) is 19.3. The number of hydrogen-bond acceptors (Lipinski definition) is 9. The summed E-state index contributed by atoms with van der Waals surface area (Å²) >= 11 is 6.47. The number of fused-ring (bicyclic) bond motifs is 2. The lowest BCUT2D eigenvalue weighted by Crippen LogP contribution is -2.48. The second kappa shape index (κ2) is 7.97. The van der Waals surface area contributed by atoms with Crippen LogP contribution in [0.1, 0.15) is 39.1 Å². The molecule has 35 heavy (non-hydrogen) atoms. The van der Waals surface area contributed by atoms with E-state index in [1.807, 2.05) is 11.5 Å². The maximum absolute atomic E-state index is 15.4. The van der Waals surface area contributed by atoms with Crippen LogP contribution in [0.25, 0.3) is 22.3 Å². The largest absolute Gasteiger partial charge is 0.488 e. The third-order valence-corrected chi connectivity index (χ3v) is 6.90. The Morgan fingerprint density at radius 2 is 2.09 bits per heavy atom. The summed E-state index contributed by atoms with van der Waals surface area (Å²) in [6.45, 7) is 5.86. The van der Waals surface area contributed by atoms with E-state index in [0.717, 1.165) is 0 Å². The summed E-state index contributed by atoms with van der Waals surface area (Å²) in [5, 5.41) is 24.6. The summed E-state index contributed by atoms with van der Waals surface area (Å²) in [6.07, 6.45) is 0.230. The Morgan fingerprint density at radius 1 is 1.29 bits per heavy atom. The number of rotatable bonds is 4. The summed E-state index contributed by atoms with van der Waals surface area (Å²) in [5.74, 6) is 0.365. The van der Waals surface area contributed by atoms with Crippen molar-refractivity contribution < 1.29 is 28.8 Å². The molecule has 2 aromatic heterocycles. The molecule has 4 unspecified atom stereocenters. The highest BCUT2D eigenvalue weighted by molar-refractivity contribution is 6.33. The van der Waals surface area contributed by atoms with Crippen LogP contribution >= 0.6 is 11.6 Å². The smallest absolute Gasteiger partial charge is 0.223 e. The van der Waals surface area contributed by atoms with Gasteiger partial charge in [-0.2, -0.15) is 0 Å². The van der Waals surface area contributed by atoms with Crippen molar-refractivity contribution in [1.29, 1.82) is 0 Å². The van der Waals surface area contributed by atoms with Gasteiger partial charge in [0.2, 0.25) is 5.95 Å². The minimum absolute atomic E-state index is 0.108. The number of ether oxygens (including phenoxy) is 3. The van der Waals surface area contributed by atoms with E-state index in [9.17, 15) is 10.2 Å². The first-order chi connectivity index (χ1) is 16.6. The first kappa shape index (κ1) is 22.9. The summed E-state index contributed by atoms with van der Waals surface area (Å²) in [5.41, 5.74) is -0.124. The Hall–Kier alpha value is -2.57. The number of hydrogen-bond donors (Lipinski definition) is 3. The van der Waals surface area contributed by atoms with Gasteiger partial charge in [0.15, 0.2) is 17.9 Å². The molecule has 3 aromatic rings. The van der Waals surface area contributed by atoms with Crippen LogP contribution in [-0.2, 0) is 15.1 Å². The molecule has 2 fully saturated rings. The number of nitrogens with one attached hydrogen (secondary N) is 1. The zero-order chi connectivity index (χ0) is 24.6. The highest BCUT2D eigenvalue weighted by Crippen LogP contribution is 2.45. The van der Waals surface area contributed by atoms with Gasteiger partial charge in [-0.05, 0) is 33.3 Å². The zero-order valence-corrected chi connectivity index (χ0v) is 20.1. The minimum atomic E-state index is -1.29. The van der Waals surface area contributed by atoms with Crippen molar-refractivity contribution in [1.82, 2.24) is 19.5 Å². The van der Waals surface area contributed by atoms with Crippen LogP contribution < -0.4 is 10.1 Å². The molecule has 3 aliphatic rings. The maximum atomic E-state index is 15.4. The minimum Gasteiger partial charge on any atom is -0.488 e. The predicted octanol–water partition coefficient (Wildman–Crippen LogP) is 2.75. The SMILES string of the molecule is C[C@@H]1COc2c(-c3nc(NC4CC5COC(O5)C4O)ncc3Cl)cc(F)c3nc(C(C)(C)O)n1c23. The van der Waals surface area contributed by atoms with Gasteiger partial charge in [0.1, 0.15) is 35.2 Å². The van der Waals surface area contributed by atoms with Gasteiger partial charge in [-0.25, -0.2) is 19.3 Å². The third kappa shape index (κ3) is 3.64. The number of nitrogens with zero attached hydrogens (tertiary/aromatic N) is 4. The van der Waals surface area contributed by atoms with E-state index in [4.69, 9.17) is 25.8 Å². The van der Waals surface area contributed by atoms with Gasteiger partial charge in [-0.15, -0.1) is 0 Å². The number of aliphatic hydroxyl groups is 2. The lowest BCUT2D eigenvalue weighted by molar-refractivity contribution is -0.156. The van der Waals surface area contributed by atoms with Crippen LogP contribution in [-0.4, -0.2) is 67.5 Å². The van der Waals surface area contributed by atoms with Crippen LogP contribution in [0.4, 0.5) is 10.3 Å². The molecule has 0 spiro atoms. The van der Waals surface area contributed by atoms with Crippen molar-refractivity contribution >= 4 is 28.6 Å². The van der Waals surface area contributed by atoms with E-state index in [1.54, 1.807) is 13.8 Å². The number of aliphatic hydroxyl groups excluding tert-OH is 1. The molecule has 2 saturated heterocycles. The molecule has 1 aromatic carbocycles. The Morgan fingerprint density at radius 3 is 2.86 bits per heavy atom. The summed E-state index contributed by atoms with van der Waals surface area (Å²) in [4.78, 5) is 13.2. The molecule has 2 bridgehead atoms. The van der Waals surface area contributed by atoms with Gasteiger partial charge >= 0.3 is 0 Å². The van der Waals surface area contributed by atoms with E-state index in [2.05, 4.69) is 20.3 Å². The molecule has 6 rings (SSSR count). The van der Waals surface area contributed by atoms with Crippen molar-refractivity contribution in [2.45, 2.75) is 63.4 Å². The topological polar surface area (TPSA) is 124 Å². The molecule has 12 heteroatoms. The fraction of sp³-hybridized carbons (Fsp3) is 0.522. The van der Waals surface area contributed by atoms with E-state index in [-0.39, 0.29) is 40.4 Å². The van der Waals surface area contributed by atoms with Gasteiger partial charge in [-0.1, -0.05) is 11.6 Å². The van der Waals surface area contributed by atoms with Crippen LogP contribution in [0.5, 0.6) is 5.75 Å². The number of aromatic nitrogens is 4. The predicted molar refractivity (Wildman–Crippen MR) is 124 cm³/mol. The molecule has 5 heterocycles. The van der Waals surface area contributed by atoms with Crippen molar-refractivity contribution in [3.63, 3.8) is 0 Å². The van der Waals surface area contributed by atoms with E-state index in [1.165, 1.54) is 12.3 Å². The van der Waals surface area contributed by atoms with Crippen LogP contribution in [0, 0.1) is 5.82 Å². The molecule has 10 nitrogen and oxygen atoms in total. The Labute approximate surface area is 205 Å².